The fourth-order valence-electron chi connectivity index (χ4n) is 2.44. The third-order valence-corrected chi connectivity index (χ3v) is 5.09. The van der Waals surface area contributed by atoms with Gasteiger partial charge in [0.25, 0.3) is 10.0 Å². The number of hydrogen-bond acceptors (Lipinski definition) is 4. The molecule has 1 atom stereocenters. The van der Waals surface area contributed by atoms with Gasteiger partial charge in [0.2, 0.25) is 0 Å². The van der Waals surface area contributed by atoms with E-state index in [1.54, 1.807) is 29.8 Å². The van der Waals surface area contributed by atoms with Gasteiger partial charge in [-0.25, -0.2) is 18.1 Å². The number of fused-ring (bicyclic) bond motifs is 1. The van der Waals surface area contributed by atoms with Crippen molar-refractivity contribution in [2.75, 3.05) is 6.61 Å². The largest absolute Gasteiger partial charge is 0.493 e. The van der Waals surface area contributed by atoms with Crippen molar-refractivity contribution in [1.29, 1.82) is 0 Å². The Morgan fingerprint density at radius 1 is 1.45 bits per heavy atom. The number of rotatable bonds is 3. The maximum atomic E-state index is 12.4. The molecule has 1 N–H and O–H groups in total. The number of halogens is 1. The van der Waals surface area contributed by atoms with Gasteiger partial charge in [0.15, 0.2) is 5.03 Å². The molecule has 0 saturated carbocycles. The molecule has 0 bridgehead atoms. The number of sulfonamides is 1. The summed E-state index contributed by atoms with van der Waals surface area (Å²) in [6.45, 7) is 0.537. The highest BCUT2D eigenvalue weighted by molar-refractivity contribution is 7.89. The summed E-state index contributed by atoms with van der Waals surface area (Å²) in [6, 6.07) is 4.89. The zero-order valence-corrected chi connectivity index (χ0v) is 13.6. The normalized spacial score (nSPS) is 18.4. The molecular weight excluding hydrogens is 326 g/mol. The standard InChI is InChI=1S/C14H16ClN3O3S/c1-18-8-14(16-9-18)22(19,20)17-12-3-2-6-21-13-7-10(15)4-5-11(12)13/h4-5,7-9,12,17H,2-3,6H2,1H3. The summed E-state index contributed by atoms with van der Waals surface area (Å²) in [5.74, 6) is 0.624. The minimum absolute atomic E-state index is 0.00989. The van der Waals surface area contributed by atoms with Gasteiger partial charge in [0.05, 0.1) is 19.0 Å². The van der Waals surface area contributed by atoms with Gasteiger partial charge >= 0.3 is 0 Å². The Balaban J connectivity index is 1.92. The molecule has 3 rings (SSSR count). The number of nitrogens with zero attached hydrogens (tertiary/aromatic N) is 2. The summed E-state index contributed by atoms with van der Waals surface area (Å²) in [5.41, 5.74) is 0.793. The molecule has 0 spiro atoms. The summed E-state index contributed by atoms with van der Waals surface area (Å²) < 4.78 is 34.9. The molecule has 22 heavy (non-hydrogen) atoms. The van der Waals surface area contributed by atoms with Crippen molar-refractivity contribution in [1.82, 2.24) is 14.3 Å². The van der Waals surface area contributed by atoms with E-state index in [0.717, 1.165) is 12.0 Å². The van der Waals surface area contributed by atoms with Crippen LogP contribution < -0.4 is 9.46 Å². The summed E-state index contributed by atoms with van der Waals surface area (Å²) in [6.07, 6.45) is 4.33. The van der Waals surface area contributed by atoms with Crippen LogP contribution in [0.25, 0.3) is 0 Å². The van der Waals surface area contributed by atoms with Gasteiger partial charge in [-0.3, -0.25) is 0 Å². The number of hydrogen-bond donors (Lipinski definition) is 1. The van der Waals surface area contributed by atoms with Crippen LogP contribution in [0.3, 0.4) is 0 Å². The van der Waals surface area contributed by atoms with Gasteiger partial charge < -0.3 is 9.30 Å². The molecule has 118 valence electrons. The molecule has 0 saturated heterocycles. The summed E-state index contributed by atoms with van der Waals surface area (Å²) >= 11 is 5.98. The molecule has 1 aromatic carbocycles. The van der Waals surface area contributed by atoms with Gasteiger partial charge in [-0.2, -0.15) is 0 Å². The average molecular weight is 342 g/mol. The van der Waals surface area contributed by atoms with Crippen molar-refractivity contribution >= 4 is 21.6 Å². The topological polar surface area (TPSA) is 73.2 Å². The number of nitrogens with one attached hydrogen (secondary N) is 1. The first-order valence-electron chi connectivity index (χ1n) is 6.88. The van der Waals surface area contributed by atoms with E-state index in [2.05, 4.69) is 9.71 Å². The number of benzene rings is 1. The molecule has 6 nitrogen and oxygen atoms in total. The smallest absolute Gasteiger partial charge is 0.260 e. The van der Waals surface area contributed by atoms with E-state index in [1.807, 2.05) is 0 Å². The third kappa shape index (κ3) is 3.11. The predicted octanol–water partition coefficient (Wildman–Crippen LogP) is 2.27. The van der Waals surface area contributed by atoms with Crippen LogP contribution in [0.2, 0.25) is 5.02 Å². The van der Waals surface area contributed by atoms with E-state index >= 15 is 0 Å². The lowest BCUT2D eigenvalue weighted by Crippen LogP contribution is -2.28. The number of aromatic nitrogens is 2. The predicted molar refractivity (Wildman–Crippen MR) is 82.5 cm³/mol. The summed E-state index contributed by atoms with van der Waals surface area (Å²) in [4.78, 5) is 3.91. The van der Waals surface area contributed by atoms with Crippen LogP contribution >= 0.6 is 11.6 Å². The van der Waals surface area contributed by atoms with Crippen LogP contribution in [0.4, 0.5) is 0 Å². The van der Waals surface area contributed by atoms with E-state index in [4.69, 9.17) is 16.3 Å². The van der Waals surface area contributed by atoms with Crippen molar-refractivity contribution in [3.05, 3.63) is 41.3 Å². The lowest BCUT2D eigenvalue weighted by Gasteiger charge is -2.17. The van der Waals surface area contributed by atoms with Crippen LogP contribution in [0, 0.1) is 0 Å². The van der Waals surface area contributed by atoms with Crippen LogP contribution in [-0.4, -0.2) is 24.6 Å². The maximum Gasteiger partial charge on any atom is 0.260 e. The van der Waals surface area contributed by atoms with Gasteiger partial charge in [-0.1, -0.05) is 17.7 Å². The quantitative estimate of drug-likeness (QED) is 0.929. The molecule has 8 heteroatoms. The number of aryl methyl sites for hydroxylation is 1. The monoisotopic (exact) mass is 341 g/mol. The molecule has 0 amide bonds. The second-order valence-corrected chi connectivity index (χ2v) is 7.32. The van der Waals surface area contributed by atoms with Gasteiger partial charge in [0.1, 0.15) is 5.75 Å². The van der Waals surface area contributed by atoms with E-state index in [1.165, 1.54) is 12.5 Å². The molecular formula is C14H16ClN3O3S. The molecule has 0 aliphatic carbocycles. The highest BCUT2D eigenvalue weighted by atomic mass is 35.5. The summed E-state index contributed by atoms with van der Waals surface area (Å²) in [7, 11) is -1.95. The first kappa shape index (κ1) is 15.3. The van der Waals surface area contributed by atoms with Gasteiger partial charge in [-0.15, -0.1) is 0 Å². The van der Waals surface area contributed by atoms with Crippen molar-refractivity contribution < 1.29 is 13.2 Å². The molecule has 1 unspecified atom stereocenters. The van der Waals surface area contributed by atoms with Crippen LogP contribution in [-0.2, 0) is 17.1 Å². The minimum Gasteiger partial charge on any atom is -0.493 e. The number of imidazole rings is 1. The second-order valence-electron chi connectivity index (χ2n) is 5.22. The van der Waals surface area contributed by atoms with Crippen molar-refractivity contribution in [2.45, 2.75) is 23.9 Å². The average Bonchev–Trinajstić information content (AvgIpc) is 2.81. The Kier molecular flexibility index (Phi) is 4.12. The van der Waals surface area contributed by atoms with Gasteiger partial charge in [0, 0.05) is 23.8 Å². The Morgan fingerprint density at radius 2 is 2.27 bits per heavy atom. The van der Waals surface area contributed by atoms with Crippen LogP contribution in [0.5, 0.6) is 5.75 Å². The Bertz CT molecular complexity index is 788. The number of ether oxygens (including phenoxy) is 1. The zero-order chi connectivity index (χ0) is 15.7. The Hall–Kier alpha value is -1.57. The second kappa shape index (κ2) is 5.91. The fraction of sp³-hybridized carbons (Fsp3) is 0.357. The van der Waals surface area contributed by atoms with Crippen LogP contribution in [0.15, 0.2) is 35.7 Å². The minimum atomic E-state index is -3.68. The Morgan fingerprint density at radius 3 is 3.00 bits per heavy atom. The first-order valence-corrected chi connectivity index (χ1v) is 8.74. The molecule has 0 fully saturated rings. The van der Waals surface area contributed by atoms with Crippen molar-refractivity contribution in [2.24, 2.45) is 7.05 Å². The zero-order valence-electron chi connectivity index (χ0n) is 12.0. The SMILES string of the molecule is Cn1cnc(S(=O)(=O)NC2CCCOc3cc(Cl)ccc32)c1. The highest BCUT2D eigenvalue weighted by Gasteiger charge is 2.27. The maximum absolute atomic E-state index is 12.4. The van der Waals surface area contributed by atoms with Gasteiger partial charge in [-0.05, 0) is 25.0 Å². The van der Waals surface area contributed by atoms with E-state index in [9.17, 15) is 8.42 Å². The lowest BCUT2D eigenvalue weighted by molar-refractivity contribution is 0.316. The van der Waals surface area contributed by atoms with E-state index in [0.29, 0.717) is 23.8 Å². The molecule has 1 aromatic heterocycles. The lowest BCUT2D eigenvalue weighted by atomic mass is 10.0. The molecule has 2 heterocycles. The first-order chi connectivity index (χ1) is 10.5. The molecule has 1 aliphatic rings. The molecule has 2 aromatic rings. The van der Waals surface area contributed by atoms with Crippen molar-refractivity contribution in [3.63, 3.8) is 0 Å². The third-order valence-electron chi connectivity index (χ3n) is 3.50. The van der Waals surface area contributed by atoms with Crippen LogP contribution in [0.1, 0.15) is 24.4 Å². The highest BCUT2D eigenvalue weighted by Crippen LogP contribution is 2.34. The fourth-order valence-corrected chi connectivity index (χ4v) is 3.84. The van der Waals surface area contributed by atoms with E-state index < -0.39 is 10.0 Å². The molecule has 0 radical (unpaired) electrons. The summed E-state index contributed by atoms with van der Waals surface area (Å²) in [5, 5.41) is 0.572. The van der Waals surface area contributed by atoms with E-state index in [-0.39, 0.29) is 11.1 Å². The Labute approximate surface area is 134 Å². The van der Waals surface area contributed by atoms with Crippen molar-refractivity contribution in [3.8, 4) is 5.75 Å². The molecule has 1 aliphatic heterocycles.